The van der Waals surface area contributed by atoms with Crippen molar-refractivity contribution in [3.63, 3.8) is 0 Å². The highest BCUT2D eigenvalue weighted by Crippen LogP contribution is 2.32. The first-order chi connectivity index (χ1) is 17.4. The Morgan fingerprint density at radius 1 is 0.622 bits per heavy atom. The maximum Gasteiger partial charge on any atom is 0.218 e. The van der Waals surface area contributed by atoms with Gasteiger partial charge in [0.2, 0.25) is 5.91 Å². The minimum absolute atomic E-state index is 0.591. The minimum atomic E-state index is -1.91. The van der Waals surface area contributed by atoms with Crippen molar-refractivity contribution >= 4 is 5.91 Å². The normalized spacial score (nSPS) is 49.0. The van der Waals surface area contributed by atoms with Crippen LogP contribution in [-0.2, 0) is 28.5 Å². The number of hydrogen-bond donors (Lipinski definition) is 11. The number of carbonyl (C=O) groups is 1. The van der Waals surface area contributed by atoms with Gasteiger partial charge in [-0.2, -0.15) is 0 Å². The van der Waals surface area contributed by atoms with Crippen molar-refractivity contribution in [3.05, 3.63) is 0 Å². The molecule has 3 aliphatic heterocycles. The van der Waals surface area contributed by atoms with Crippen LogP contribution >= 0.6 is 0 Å². The van der Waals surface area contributed by atoms with E-state index in [0.717, 1.165) is 6.92 Å². The molecule has 3 fully saturated rings. The van der Waals surface area contributed by atoms with E-state index in [9.17, 15) is 55.9 Å². The number of nitrogens with one attached hydrogen (secondary N) is 1. The number of rotatable bonds is 8. The molecule has 0 spiro atoms. The zero-order valence-electron chi connectivity index (χ0n) is 19.7. The summed E-state index contributed by atoms with van der Waals surface area (Å²) in [6.07, 6.45) is -24.9. The highest BCUT2D eigenvalue weighted by atomic mass is 16.7. The van der Waals surface area contributed by atoms with Crippen LogP contribution < -0.4 is 5.32 Å². The molecule has 11 N–H and O–H groups in total. The molecule has 37 heavy (non-hydrogen) atoms. The summed E-state index contributed by atoms with van der Waals surface area (Å²) >= 11 is 0. The molecule has 3 heterocycles. The van der Waals surface area contributed by atoms with Gasteiger partial charge in [-0.3, -0.25) is 4.79 Å². The fourth-order valence-electron chi connectivity index (χ4n) is 4.39. The van der Waals surface area contributed by atoms with Crippen LogP contribution in [0.2, 0.25) is 0 Å². The number of hydrogen-bond acceptors (Lipinski definition) is 16. The molecule has 0 aromatic carbocycles. The van der Waals surface area contributed by atoms with E-state index in [0.29, 0.717) is 0 Å². The SMILES string of the molecule is CC(=O)N[C@H]1O[C@H](CO)[C@@H](O[C@@H]2O[C@H](CO)[C@H](O)[C@H](O[C@@H]3O[C@H](CO)[C@@H](O)[C@H](O)[C@H]3O)[C@H]2O)[C@H](O)[C@H]1O. The average Bonchev–Trinajstić information content (AvgIpc) is 2.87. The van der Waals surface area contributed by atoms with Crippen LogP contribution in [0, 0.1) is 0 Å². The summed E-state index contributed by atoms with van der Waals surface area (Å²) in [4.78, 5) is 11.3. The Labute approximate surface area is 210 Å². The fourth-order valence-corrected chi connectivity index (χ4v) is 4.39. The van der Waals surface area contributed by atoms with Gasteiger partial charge in [0.25, 0.3) is 0 Å². The van der Waals surface area contributed by atoms with E-state index in [1.807, 2.05) is 0 Å². The Morgan fingerprint density at radius 2 is 1.14 bits per heavy atom. The van der Waals surface area contributed by atoms with E-state index >= 15 is 0 Å². The first-order valence-electron chi connectivity index (χ1n) is 11.6. The number of aliphatic hydroxyl groups is 10. The van der Waals surface area contributed by atoms with Gasteiger partial charge in [-0.15, -0.1) is 0 Å². The zero-order chi connectivity index (χ0) is 27.6. The van der Waals surface area contributed by atoms with Gasteiger partial charge in [0, 0.05) is 6.92 Å². The average molecular weight is 545 g/mol. The second-order valence-electron chi connectivity index (χ2n) is 9.06. The molecule has 0 unspecified atom stereocenters. The van der Waals surface area contributed by atoms with E-state index in [-0.39, 0.29) is 0 Å². The van der Waals surface area contributed by atoms with E-state index in [4.69, 9.17) is 23.7 Å². The number of ether oxygens (including phenoxy) is 5. The van der Waals surface area contributed by atoms with E-state index < -0.39 is 118 Å². The standard InChI is InChI=1S/C20H35NO16/c1-5(25)21-18-13(30)12(29)16(8(4-24)33-18)36-20-15(32)17(10(27)7(3-23)35-20)37-19-14(31)11(28)9(26)6(2-22)34-19/h6-20,22-24,26-32H,2-4H2,1H3,(H,21,25)/t6-,7-,8-,9-,10+,11+,12-,13-,14-,15-,16-,17+,18+,19+,20+/m1/s1. The number of aliphatic hydroxyl groups excluding tert-OH is 10. The highest BCUT2D eigenvalue weighted by molar-refractivity contribution is 5.73. The van der Waals surface area contributed by atoms with E-state index in [1.165, 1.54) is 0 Å². The third-order valence-electron chi connectivity index (χ3n) is 6.46. The molecule has 0 aliphatic carbocycles. The smallest absolute Gasteiger partial charge is 0.218 e. The van der Waals surface area contributed by atoms with Crippen molar-refractivity contribution in [2.24, 2.45) is 0 Å². The summed E-state index contributed by atoms with van der Waals surface area (Å²) in [6.45, 7) is -1.20. The lowest BCUT2D eigenvalue weighted by Crippen LogP contribution is -2.67. The van der Waals surface area contributed by atoms with Crippen LogP contribution in [0.25, 0.3) is 0 Å². The Kier molecular flexibility index (Phi) is 10.5. The lowest BCUT2D eigenvalue weighted by Gasteiger charge is -2.48. The molecule has 17 nitrogen and oxygen atoms in total. The molecule has 0 saturated carbocycles. The Balaban J connectivity index is 1.78. The molecule has 15 atom stereocenters. The number of carbonyl (C=O) groups excluding carboxylic acids is 1. The summed E-state index contributed by atoms with van der Waals surface area (Å²) in [5, 5.41) is 103. The van der Waals surface area contributed by atoms with Crippen molar-refractivity contribution in [1.29, 1.82) is 0 Å². The maximum absolute atomic E-state index is 11.3. The van der Waals surface area contributed by atoms with Crippen LogP contribution in [0.4, 0.5) is 0 Å². The Bertz CT molecular complexity index is 743. The largest absolute Gasteiger partial charge is 0.394 e. The predicted molar refractivity (Wildman–Crippen MR) is 113 cm³/mol. The van der Waals surface area contributed by atoms with Crippen LogP contribution in [0.5, 0.6) is 0 Å². The minimum Gasteiger partial charge on any atom is -0.394 e. The van der Waals surface area contributed by atoms with Crippen molar-refractivity contribution in [1.82, 2.24) is 5.32 Å². The van der Waals surface area contributed by atoms with Crippen molar-refractivity contribution in [2.75, 3.05) is 19.8 Å². The van der Waals surface area contributed by atoms with Crippen molar-refractivity contribution in [2.45, 2.75) is 99.0 Å². The zero-order valence-corrected chi connectivity index (χ0v) is 19.7. The van der Waals surface area contributed by atoms with Gasteiger partial charge >= 0.3 is 0 Å². The van der Waals surface area contributed by atoms with Gasteiger partial charge in [-0.25, -0.2) is 0 Å². The van der Waals surface area contributed by atoms with Crippen LogP contribution in [0.1, 0.15) is 6.92 Å². The van der Waals surface area contributed by atoms with Crippen molar-refractivity contribution < 1.29 is 79.5 Å². The molecule has 0 radical (unpaired) electrons. The quantitative estimate of drug-likeness (QED) is 0.135. The molecule has 0 aromatic rings. The second-order valence-corrected chi connectivity index (χ2v) is 9.06. The highest BCUT2D eigenvalue weighted by Gasteiger charge is 2.53. The second kappa shape index (κ2) is 12.8. The van der Waals surface area contributed by atoms with E-state index in [1.54, 1.807) is 0 Å². The molecule has 3 rings (SSSR count). The Morgan fingerprint density at radius 3 is 1.68 bits per heavy atom. The number of amides is 1. The predicted octanol–water partition coefficient (Wildman–Crippen LogP) is -7.43. The third-order valence-corrected chi connectivity index (χ3v) is 6.46. The lowest BCUT2D eigenvalue weighted by atomic mass is 9.95. The molecule has 3 aliphatic rings. The topological polar surface area (TPSA) is 278 Å². The summed E-state index contributed by atoms with van der Waals surface area (Å²) in [5.74, 6) is -0.591. The van der Waals surface area contributed by atoms with Gasteiger partial charge in [-0.05, 0) is 0 Å². The maximum atomic E-state index is 11.3. The molecular formula is C20H35NO16. The molecule has 0 aromatic heterocycles. The summed E-state index contributed by atoms with van der Waals surface area (Å²) < 4.78 is 27.0. The lowest BCUT2D eigenvalue weighted by molar-refractivity contribution is -0.374. The molecular weight excluding hydrogens is 510 g/mol. The molecule has 3 saturated heterocycles. The fraction of sp³-hybridized carbons (Fsp3) is 0.950. The van der Waals surface area contributed by atoms with Crippen LogP contribution in [0.3, 0.4) is 0 Å². The van der Waals surface area contributed by atoms with Gasteiger partial charge in [0.15, 0.2) is 18.8 Å². The first kappa shape index (κ1) is 30.4. The van der Waals surface area contributed by atoms with Gasteiger partial charge in [0.05, 0.1) is 19.8 Å². The molecule has 216 valence electrons. The van der Waals surface area contributed by atoms with Crippen molar-refractivity contribution in [3.8, 4) is 0 Å². The Hall–Kier alpha value is -1.13. The van der Waals surface area contributed by atoms with Gasteiger partial charge in [0.1, 0.15) is 73.2 Å². The van der Waals surface area contributed by atoms with Crippen LogP contribution in [-0.4, -0.2) is 169 Å². The molecule has 0 bridgehead atoms. The third kappa shape index (κ3) is 6.38. The monoisotopic (exact) mass is 545 g/mol. The first-order valence-corrected chi connectivity index (χ1v) is 11.6. The summed E-state index contributed by atoms with van der Waals surface area (Å²) in [5.41, 5.74) is 0. The van der Waals surface area contributed by atoms with E-state index in [2.05, 4.69) is 5.32 Å². The van der Waals surface area contributed by atoms with Gasteiger partial charge < -0.3 is 80.1 Å². The molecule has 17 heteroatoms. The van der Waals surface area contributed by atoms with Gasteiger partial charge in [-0.1, -0.05) is 0 Å². The summed E-state index contributed by atoms with van der Waals surface area (Å²) in [6, 6.07) is 0. The summed E-state index contributed by atoms with van der Waals surface area (Å²) in [7, 11) is 0. The van der Waals surface area contributed by atoms with Crippen LogP contribution in [0.15, 0.2) is 0 Å². The molecule has 1 amide bonds.